The van der Waals surface area contributed by atoms with E-state index in [-0.39, 0.29) is 0 Å². The van der Waals surface area contributed by atoms with Crippen molar-refractivity contribution < 1.29 is 0 Å². The molecular formula is C24H16N2. The Balaban J connectivity index is 2.12. The van der Waals surface area contributed by atoms with E-state index in [9.17, 15) is 0 Å². The highest BCUT2D eigenvalue weighted by Gasteiger charge is 2.17. The monoisotopic (exact) mass is 332 g/mol. The van der Waals surface area contributed by atoms with Crippen LogP contribution in [0.4, 0.5) is 0 Å². The van der Waals surface area contributed by atoms with Gasteiger partial charge in [-0.2, -0.15) is 0 Å². The van der Waals surface area contributed by atoms with Crippen LogP contribution in [-0.4, -0.2) is 9.97 Å². The third-order valence-corrected chi connectivity index (χ3v) is 5.72. The summed E-state index contributed by atoms with van der Waals surface area (Å²) in [6.45, 7) is 4.24. The van der Waals surface area contributed by atoms with Gasteiger partial charge in [0.2, 0.25) is 0 Å². The minimum absolute atomic E-state index is 1.03. The molecule has 2 heterocycles. The molecule has 0 saturated heterocycles. The van der Waals surface area contributed by atoms with Gasteiger partial charge in [-0.3, -0.25) is 9.97 Å². The highest BCUT2D eigenvalue weighted by molar-refractivity contribution is 6.37. The summed E-state index contributed by atoms with van der Waals surface area (Å²) < 4.78 is 0. The Labute approximate surface area is 150 Å². The summed E-state index contributed by atoms with van der Waals surface area (Å²) >= 11 is 0. The lowest BCUT2D eigenvalue weighted by Crippen LogP contribution is -1.94. The maximum absolute atomic E-state index is 5.05. The van der Waals surface area contributed by atoms with Gasteiger partial charge < -0.3 is 0 Å². The Morgan fingerprint density at radius 1 is 0.692 bits per heavy atom. The summed E-state index contributed by atoms with van der Waals surface area (Å²) in [5.41, 5.74) is 4.43. The third kappa shape index (κ3) is 1.62. The van der Waals surface area contributed by atoms with E-state index in [4.69, 9.17) is 4.98 Å². The molecule has 2 aromatic heterocycles. The molecule has 6 aromatic rings. The van der Waals surface area contributed by atoms with E-state index in [1.807, 2.05) is 12.3 Å². The van der Waals surface area contributed by atoms with Gasteiger partial charge in [0.25, 0.3) is 0 Å². The topological polar surface area (TPSA) is 25.8 Å². The fourth-order valence-corrected chi connectivity index (χ4v) is 4.38. The molecule has 2 heteroatoms. The summed E-state index contributed by atoms with van der Waals surface area (Å²) in [7, 11) is 0. The Morgan fingerprint density at radius 3 is 2.46 bits per heavy atom. The lowest BCUT2D eigenvalue weighted by molar-refractivity contribution is 1.20. The fourth-order valence-electron chi connectivity index (χ4n) is 4.38. The van der Waals surface area contributed by atoms with Crippen LogP contribution in [0.2, 0.25) is 0 Å². The SMILES string of the molecule is Cc1cc2c3cccc4ccc5cc6ncccc6c(c2nc1C)c5c43. The average Bonchev–Trinajstić information content (AvgIpc) is 2.67. The molecule has 0 fully saturated rings. The summed E-state index contributed by atoms with van der Waals surface area (Å²) in [6.07, 6.45) is 1.87. The smallest absolute Gasteiger partial charge is 0.0797 e. The Hall–Kier alpha value is -3.26. The molecule has 0 aliphatic heterocycles. The lowest BCUT2D eigenvalue weighted by atomic mass is 9.89. The van der Waals surface area contributed by atoms with Gasteiger partial charge in [-0.05, 0) is 59.2 Å². The summed E-state index contributed by atoms with van der Waals surface area (Å²) in [5, 5.41) is 10.1. The first-order valence-electron chi connectivity index (χ1n) is 8.94. The predicted octanol–water partition coefficient (Wildman–Crippen LogP) is 6.30. The van der Waals surface area contributed by atoms with Crippen molar-refractivity contribution in [3.05, 3.63) is 72.1 Å². The number of hydrogen-bond acceptors (Lipinski definition) is 2. The van der Waals surface area contributed by atoms with E-state index in [1.54, 1.807) is 0 Å². The molecule has 0 aliphatic rings. The molecule has 122 valence electrons. The van der Waals surface area contributed by atoms with Crippen molar-refractivity contribution in [1.82, 2.24) is 9.97 Å². The molecule has 6 rings (SSSR count). The van der Waals surface area contributed by atoms with E-state index < -0.39 is 0 Å². The molecule has 4 aromatic carbocycles. The number of aryl methyl sites for hydroxylation is 2. The van der Waals surface area contributed by atoms with Gasteiger partial charge in [0, 0.05) is 33.4 Å². The van der Waals surface area contributed by atoms with Crippen molar-refractivity contribution in [1.29, 1.82) is 0 Å². The van der Waals surface area contributed by atoms with Crippen LogP contribution in [-0.2, 0) is 0 Å². The van der Waals surface area contributed by atoms with Crippen LogP contribution in [0.5, 0.6) is 0 Å². The fraction of sp³-hybridized carbons (Fsp3) is 0.0833. The molecule has 0 radical (unpaired) electrons. The Morgan fingerprint density at radius 2 is 1.54 bits per heavy atom. The van der Waals surface area contributed by atoms with E-state index in [1.165, 1.54) is 48.7 Å². The Kier molecular flexibility index (Phi) is 2.51. The van der Waals surface area contributed by atoms with E-state index in [0.717, 1.165) is 16.7 Å². The predicted molar refractivity (Wildman–Crippen MR) is 110 cm³/mol. The van der Waals surface area contributed by atoms with Crippen LogP contribution in [0.1, 0.15) is 11.3 Å². The van der Waals surface area contributed by atoms with E-state index in [2.05, 4.69) is 67.4 Å². The number of benzene rings is 4. The number of pyridine rings is 2. The zero-order valence-electron chi connectivity index (χ0n) is 14.7. The van der Waals surface area contributed by atoms with Crippen LogP contribution in [0.25, 0.3) is 54.1 Å². The van der Waals surface area contributed by atoms with Crippen molar-refractivity contribution in [2.45, 2.75) is 13.8 Å². The zero-order chi connectivity index (χ0) is 17.4. The highest BCUT2D eigenvalue weighted by atomic mass is 14.7. The largest absolute Gasteiger partial charge is 0.256 e. The molecule has 0 saturated carbocycles. The Bertz CT molecular complexity index is 1490. The first-order chi connectivity index (χ1) is 12.7. The standard InChI is InChI=1S/C24H16N2/c1-13-11-19-17-6-3-5-15-8-9-16-12-20-18(7-4-10-25-20)23(22(16)21(15)17)24(19)26-14(13)2/h3-12H,1-2H3. The maximum atomic E-state index is 5.05. The lowest BCUT2D eigenvalue weighted by Gasteiger charge is -2.16. The minimum atomic E-state index is 1.03. The van der Waals surface area contributed by atoms with Gasteiger partial charge in [-0.25, -0.2) is 0 Å². The molecule has 0 aliphatic carbocycles. The molecular weight excluding hydrogens is 316 g/mol. The molecule has 0 bridgehead atoms. The van der Waals surface area contributed by atoms with Crippen molar-refractivity contribution >= 4 is 54.1 Å². The van der Waals surface area contributed by atoms with Gasteiger partial charge in [0.15, 0.2) is 0 Å². The van der Waals surface area contributed by atoms with Crippen LogP contribution in [0, 0.1) is 13.8 Å². The van der Waals surface area contributed by atoms with E-state index >= 15 is 0 Å². The average molecular weight is 332 g/mol. The van der Waals surface area contributed by atoms with Gasteiger partial charge in [-0.1, -0.05) is 36.4 Å². The van der Waals surface area contributed by atoms with Crippen LogP contribution >= 0.6 is 0 Å². The van der Waals surface area contributed by atoms with Crippen molar-refractivity contribution in [2.24, 2.45) is 0 Å². The van der Waals surface area contributed by atoms with Crippen molar-refractivity contribution in [3.8, 4) is 0 Å². The molecule has 0 atom stereocenters. The second-order valence-electron chi connectivity index (χ2n) is 7.18. The number of hydrogen-bond donors (Lipinski definition) is 0. The zero-order valence-corrected chi connectivity index (χ0v) is 14.7. The summed E-state index contributed by atoms with van der Waals surface area (Å²) in [6, 6.07) is 19.7. The number of nitrogens with zero attached hydrogens (tertiary/aromatic N) is 2. The molecule has 26 heavy (non-hydrogen) atoms. The molecule has 0 unspecified atom stereocenters. The normalized spacial score (nSPS) is 12.2. The van der Waals surface area contributed by atoms with E-state index in [0.29, 0.717) is 0 Å². The molecule has 0 N–H and O–H groups in total. The first-order valence-corrected chi connectivity index (χ1v) is 8.94. The summed E-state index contributed by atoms with van der Waals surface area (Å²) in [5.74, 6) is 0. The molecule has 2 nitrogen and oxygen atoms in total. The van der Waals surface area contributed by atoms with Gasteiger partial charge in [-0.15, -0.1) is 0 Å². The van der Waals surface area contributed by atoms with Gasteiger partial charge in [0.05, 0.1) is 11.0 Å². The number of rotatable bonds is 0. The minimum Gasteiger partial charge on any atom is -0.256 e. The van der Waals surface area contributed by atoms with Crippen LogP contribution in [0.3, 0.4) is 0 Å². The number of aromatic nitrogens is 2. The number of fused-ring (bicyclic) bond motifs is 5. The van der Waals surface area contributed by atoms with Crippen molar-refractivity contribution in [3.63, 3.8) is 0 Å². The van der Waals surface area contributed by atoms with Gasteiger partial charge in [0.1, 0.15) is 0 Å². The first kappa shape index (κ1) is 14.0. The molecule has 0 spiro atoms. The second kappa shape index (κ2) is 4.67. The van der Waals surface area contributed by atoms with Crippen molar-refractivity contribution in [2.75, 3.05) is 0 Å². The summed E-state index contributed by atoms with van der Waals surface area (Å²) in [4.78, 5) is 9.67. The highest BCUT2D eigenvalue weighted by Crippen LogP contribution is 2.43. The third-order valence-electron chi connectivity index (χ3n) is 5.72. The second-order valence-corrected chi connectivity index (χ2v) is 7.18. The van der Waals surface area contributed by atoms with Crippen LogP contribution in [0.15, 0.2) is 60.8 Å². The molecule has 0 amide bonds. The maximum Gasteiger partial charge on any atom is 0.0797 e. The van der Waals surface area contributed by atoms with Crippen LogP contribution < -0.4 is 0 Å². The quantitative estimate of drug-likeness (QED) is 0.241. The van der Waals surface area contributed by atoms with Gasteiger partial charge >= 0.3 is 0 Å².